The third kappa shape index (κ3) is 3.36. The van der Waals surface area contributed by atoms with Crippen molar-refractivity contribution in [1.82, 2.24) is 19.7 Å². The van der Waals surface area contributed by atoms with Crippen molar-refractivity contribution < 1.29 is 18.3 Å². The Morgan fingerprint density at radius 1 is 1.21 bits per heavy atom. The normalized spacial score (nSPS) is 12.2. The molecular formula is C19H15FN4O3S. The van der Waals surface area contributed by atoms with E-state index in [2.05, 4.69) is 19.8 Å². The van der Waals surface area contributed by atoms with Gasteiger partial charge in [-0.15, -0.1) is 0 Å². The molecule has 3 heterocycles. The van der Waals surface area contributed by atoms with Crippen molar-refractivity contribution in [2.45, 2.75) is 17.2 Å². The van der Waals surface area contributed by atoms with Gasteiger partial charge in [0.25, 0.3) is 0 Å². The fraction of sp³-hybridized carbons (Fsp3) is 0.158. The van der Waals surface area contributed by atoms with E-state index in [1.54, 1.807) is 35.1 Å². The first-order valence-corrected chi connectivity index (χ1v) is 9.24. The van der Waals surface area contributed by atoms with Crippen molar-refractivity contribution in [2.75, 3.05) is 7.11 Å². The molecule has 0 N–H and O–H groups in total. The molecule has 0 fully saturated rings. The van der Waals surface area contributed by atoms with E-state index in [1.807, 2.05) is 6.92 Å². The molecule has 0 aliphatic rings. The van der Waals surface area contributed by atoms with E-state index in [-0.39, 0.29) is 16.8 Å². The molecule has 1 atom stereocenters. The van der Waals surface area contributed by atoms with Crippen LogP contribution in [0, 0.1) is 5.82 Å². The van der Waals surface area contributed by atoms with Crippen LogP contribution in [0.25, 0.3) is 16.7 Å². The summed E-state index contributed by atoms with van der Waals surface area (Å²) in [5.74, 6) is -0.0527. The molecule has 0 radical (unpaired) electrons. The lowest BCUT2D eigenvalue weighted by atomic mass is 10.3. The van der Waals surface area contributed by atoms with Crippen LogP contribution < -0.4 is 0 Å². The minimum absolute atomic E-state index is 0.106. The van der Waals surface area contributed by atoms with Crippen LogP contribution in [-0.4, -0.2) is 32.8 Å². The SMILES string of the molecule is COC(=O)c1ccc(C(C)Sc2ncnc3c2cnn3-c2ccc(F)cc2)o1. The van der Waals surface area contributed by atoms with Crippen LogP contribution in [-0.2, 0) is 4.74 Å². The summed E-state index contributed by atoms with van der Waals surface area (Å²) in [4.78, 5) is 20.2. The zero-order valence-corrected chi connectivity index (χ0v) is 15.8. The number of furan rings is 1. The second-order valence-corrected chi connectivity index (χ2v) is 7.23. The molecule has 0 saturated heterocycles. The van der Waals surface area contributed by atoms with Crippen molar-refractivity contribution in [1.29, 1.82) is 0 Å². The fourth-order valence-electron chi connectivity index (χ4n) is 2.69. The summed E-state index contributed by atoms with van der Waals surface area (Å²) in [7, 11) is 1.30. The van der Waals surface area contributed by atoms with Gasteiger partial charge in [-0.2, -0.15) is 5.10 Å². The molecule has 142 valence electrons. The number of halogens is 1. The highest BCUT2D eigenvalue weighted by Gasteiger charge is 2.19. The lowest BCUT2D eigenvalue weighted by Gasteiger charge is -2.08. The molecule has 28 heavy (non-hydrogen) atoms. The minimum atomic E-state index is -0.520. The third-order valence-electron chi connectivity index (χ3n) is 4.10. The Balaban J connectivity index is 1.63. The van der Waals surface area contributed by atoms with Gasteiger partial charge in [0.15, 0.2) is 5.65 Å². The first-order chi connectivity index (χ1) is 13.6. The van der Waals surface area contributed by atoms with Crippen molar-refractivity contribution in [2.24, 2.45) is 0 Å². The molecule has 0 saturated carbocycles. The number of fused-ring (bicyclic) bond motifs is 1. The van der Waals surface area contributed by atoms with Gasteiger partial charge in [0.05, 0.1) is 29.6 Å². The van der Waals surface area contributed by atoms with E-state index in [4.69, 9.17) is 4.42 Å². The van der Waals surface area contributed by atoms with Gasteiger partial charge in [0.2, 0.25) is 5.76 Å². The van der Waals surface area contributed by atoms with Crippen LogP contribution in [0.4, 0.5) is 4.39 Å². The molecule has 0 spiro atoms. The molecule has 0 bridgehead atoms. The molecule has 9 heteroatoms. The number of thioether (sulfide) groups is 1. The first-order valence-electron chi connectivity index (χ1n) is 8.36. The lowest BCUT2D eigenvalue weighted by molar-refractivity contribution is 0.0563. The Labute approximate surface area is 163 Å². The number of benzene rings is 1. The third-order valence-corrected chi connectivity index (χ3v) is 5.24. The van der Waals surface area contributed by atoms with Crippen molar-refractivity contribution in [3.05, 3.63) is 66.3 Å². The van der Waals surface area contributed by atoms with Crippen molar-refractivity contribution >= 4 is 28.8 Å². The minimum Gasteiger partial charge on any atom is -0.463 e. The summed E-state index contributed by atoms with van der Waals surface area (Å²) in [5.41, 5.74) is 1.32. The number of hydrogen-bond acceptors (Lipinski definition) is 7. The summed E-state index contributed by atoms with van der Waals surface area (Å²) >= 11 is 1.46. The maximum atomic E-state index is 13.2. The molecule has 3 aromatic heterocycles. The second-order valence-electron chi connectivity index (χ2n) is 5.90. The summed E-state index contributed by atoms with van der Waals surface area (Å²) in [6.45, 7) is 1.95. The summed E-state index contributed by atoms with van der Waals surface area (Å²) in [5, 5.41) is 5.75. The van der Waals surface area contributed by atoms with E-state index in [1.165, 1.54) is 37.3 Å². The maximum absolute atomic E-state index is 13.2. The summed E-state index contributed by atoms with van der Waals surface area (Å²) < 4.78 is 25.1. The van der Waals surface area contributed by atoms with Gasteiger partial charge in [-0.25, -0.2) is 23.8 Å². The summed E-state index contributed by atoms with van der Waals surface area (Å²) in [6.07, 6.45) is 3.14. The monoisotopic (exact) mass is 398 g/mol. The molecule has 0 aliphatic carbocycles. The average molecular weight is 398 g/mol. The molecule has 1 unspecified atom stereocenters. The van der Waals surface area contributed by atoms with Gasteiger partial charge in [0.1, 0.15) is 22.9 Å². The number of carbonyl (C=O) groups excluding carboxylic acids is 1. The van der Waals surface area contributed by atoms with Crippen LogP contribution in [0.2, 0.25) is 0 Å². The average Bonchev–Trinajstić information content (AvgIpc) is 3.36. The van der Waals surface area contributed by atoms with Crippen molar-refractivity contribution in [3.63, 3.8) is 0 Å². The standard InChI is InChI=1S/C19H15FN4O3S/c1-11(15-7-8-16(27-15)19(25)26-2)28-18-14-9-23-24(17(14)21-10-22-18)13-5-3-12(20)4-6-13/h3-11H,1-2H3. The number of rotatable bonds is 5. The molecule has 7 nitrogen and oxygen atoms in total. The van der Waals surface area contributed by atoms with E-state index in [0.29, 0.717) is 17.1 Å². The number of esters is 1. The summed E-state index contributed by atoms with van der Waals surface area (Å²) in [6, 6.07) is 9.34. The molecule has 4 aromatic rings. The number of ether oxygens (including phenoxy) is 1. The van der Waals surface area contributed by atoms with E-state index >= 15 is 0 Å². The molecule has 1 aromatic carbocycles. The van der Waals surface area contributed by atoms with Crippen LogP contribution in [0.5, 0.6) is 0 Å². The number of nitrogens with zero attached hydrogens (tertiary/aromatic N) is 4. The molecule has 4 rings (SSSR count). The zero-order valence-electron chi connectivity index (χ0n) is 15.0. The molecule has 0 amide bonds. The van der Waals surface area contributed by atoms with Gasteiger partial charge in [0, 0.05) is 0 Å². The van der Waals surface area contributed by atoms with E-state index in [9.17, 15) is 9.18 Å². The van der Waals surface area contributed by atoms with Gasteiger partial charge < -0.3 is 9.15 Å². The number of carbonyl (C=O) groups is 1. The van der Waals surface area contributed by atoms with Gasteiger partial charge in [-0.05, 0) is 43.3 Å². The smallest absolute Gasteiger partial charge is 0.373 e. The van der Waals surface area contributed by atoms with Crippen LogP contribution in [0.15, 0.2) is 58.4 Å². The molecule has 0 aliphatic heterocycles. The van der Waals surface area contributed by atoms with E-state index < -0.39 is 5.97 Å². The molecular weight excluding hydrogens is 383 g/mol. The predicted octanol–water partition coefficient (Wildman–Crippen LogP) is 4.19. The Morgan fingerprint density at radius 3 is 2.75 bits per heavy atom. The van der Waals surface area contributed by atoms with Gasteiger partial charge in [-0.1, -0.05) is 11.8 Å². The van der Waals surface area contributed by atoms with Crippen molar-refractivity contribution in [3.8, 4) is 5.69 Å². The second kappa shape index (κ2) is 7.43. The lowest BCUT2D eigenvalue weighted by Crippen LogP contribution is -1.99. The number of aromatic nitrogens is 4. The quantitative estimate of drug-likeness (QED) is 0.283. The van der Waals surface area contributed by atoms with Crippen LogP contribution >= 0.6 is 11.8 Å². The Bertz CT molecular complexity index is 1140. The maximum Gasteiger partial charge on any atom is 0.373 e. The highest BCUT2D eigenvalue weighted by Crippen LogP contribution is 2.37. The first kappa shape index (κ1) is 18.2. The van der Waals surface area contributed by atoms with Crippen LogP contribution in [0.3, 0.4) is 0 Å². The number of hydrogen-bond donors (Lipinski definition) is 0. The highest BCUT2D eigenvalue weighted by atomic mass is 32.2. The van der Waals surface area contributed by atoms with Gasteiger partial charge >= 0.3 is 5.97 Å². The Morgan fingerprint density at radius 2 is 2.00 bits per heavy atom. The topological polar surface area (TPSA) is 83.0 Å². The number of methoxy groups -OCH3 is 1. The highest BCUT2D eigenvalue weighted by molar-refractivity contribution is 7.99. The van der Waals surface area contributed by atoms with Gasteiger partial charge in [-0.3, -0.25) is 0 Å². The fourth-order valence-corrected chi connectivity index (χ4v) is 3.65. The Kier molecular flexibility index (Phi) is 4.82. The van der Waals surface area contributed by atoms with Crippen LogP contribution in [0.1, 0.15) is 28.5 Å². The Hall–Kier alpha value is -3.20. The van der Waals surface area contributed by atoms with E-state index in [0.717, 1.165) is 10.4 Å². The zero-order chi connectivity index (χ0) is 19.7. The predicted molar refractivity (Wildman–Crippen MR) is 101 cm³/mol. The largest absolute Gasteiger partial charge is 0.463 e.